The highest BCUT2D eigenvalue weighted by atomic mass is 35.5. The van der Waals surface area contributed by atoms with Gasteiger partial charge in [0.1, 0.15) is 0 Å². The Morgan fingerprint density at radius 1 is 1.25 bits per heavy atom. The van der Waals surface area contributed by atoms with Gasteiger partial charge < -0.3 is 19.9 Å². The van der Waals surface area contributed by atoms with Crippen LogP contribution in [-0.4, -0.2) is 53.0 Å². The Labute approximate surface area is 125 Å². The van der Waals surface area contributed by atoms with Crippen LogP contribution in [0.4, 0.5) is 0 Å². The molecule has 20 heavy (non-hydrogen) atoms. The van der Waals surface area contributed by atoms with E-state index in [0.717, 1.165) is 12.1 Å². The first-order valence-electron chi connectivity index (χ1n) is 6.40. The van der Waals surface area contributed by atoms with Crippen molar-refractivity contribution in [3.05, 3.63) is 22.7 Å². The van der Waals surface area contributed by atoms with E-state index in [9.17, 15) is 0 Å². The maximum Gasteiger partial charge on any atom is 0.179 e. The molecule has 0 heterocycles. The number of ether oxygens (including phenoxy) is 3. The molecular formula is C14H23ClN2O3. The Kier molecular flexibility index (Phi) is 7.09. The summed E-state index contributed by atoms with van der Waals surface area (Å²) in [6, 6.07) is 3.76. The fourth-order valence-corrected chi connectivity index (χ4v) is 2.46. The van der Waals surface area contributed by atoms with Crippen molar-refractivity contribution < 1.29 is 14.2 Å². The fraction of sp³-hybridized carbons (Fsp3) is 0.571. The van der Waals surface area contributed by atoms with E-state index in [2.05, 4.69) is 4.90 Å². The minimum atomic E-state index is -0.00236. The molecule has 0 aliphatic rings. The lowest BCUT2D eigenvalue weighted by Gasteiger charge is -2.28. The number of methoxy groups -OCH3 is 3. The Morgan fingerprint density at radius 2 is 1.95 bits per heavy atom. The van der Waals surface area contributed by atoms with Crippen molar-refractivity contribution in [3.63, 3.8) is 0 Å². The van der Waals surface area contributed by atoms with Crippen LogP contribution in [0, 0.1) is 0 Å². The van der Waals surface area contributed by atoms with E-state index in [4.69, 9.17) is 31.5 Å². The zero-order chi connectivity index (χ0) is 15.1. The molecule has 0 aliphatic carbocycles. The lowest BCUT2D eigenvalue weighted by Crippen LogP contribution is -2.33. The normalized spacial score (nSPS) is 12.6. The monoisotopic (exact) mass is 302 g/mol. The second-order valence-corrected chi connectivity index (χ2v) is 4.81. The third kappa shape index (κ3) is 3.76. The van der Waals surface area contributed by atoms with Crippen molar-refractivity contribution in [2.75, 3.05) is 48.1 Å². The van der Waals surface area contributed by atoms with Crippen LogP contribution in [0.15, 0.2) is 12.1 Å². The van der Waals surface area contributed by atoms with Crippen molar-refractivity contribution in [1.82, 2.24) is 4.90 Å². The van der Waals surface area contributed by atoms with Gasteiger partial charge in [0, 0.05) is 26.2 Å². The van der Waals surface area contributed by atoms with Crippen molar-refractivity contribution in [2.24, 2.45) is 5.73 Å². The van der Waals surface area contributed by atoms with Gasteiger partial charge in [-0.2, -0.15) is 0 Å². The maximum absolute atomic E-state index is 6.43. The van der Waals surface area contributed by atoms with Crippen molar-refractivity contribution >= 4 is 11.6 Å². The van der Waals surface area contributed by atoms with E-state index in [1.54, 1.807) is 21.3 Å². The van der Waals surface area contributed by atoms with Gasteiger partial charge in [0.15, 0.2) is 11.5 Å². The second kappa shape index (κ2) is 8.32. The van der Waals surface area contributed by atoms with E-state index in [1.807, 2.05) is 19.2 Å². The molecule has 114 valence electrons. The molecule has 0 amide bonds. The van der Waals surface area contributed by atoms with Gasteiger partial charge in [0.05, 0.1) is 25.8 Å². The first-order chi connectivity index (χ1) is 9.60. The summed E-state index contributed by atoms with van der Waals surface area (Å²) in [4.78, 5) is 2.11. The molecule has 1 aromatic carbocycles. The van der Waals surface area contributed by atoms with Gasteiger partial charge in [-0.15, -0.1) is 0 Å². The number of rotatable bonds is 8. The third-order valence-corrected chi connectivity index (χ3v) is 3.67. The minimum Gasteiger partial charge on any atom is -0.493 e. The van der Waals surface area contributed by atoms with Crippen LogP contribution >= 0.6 is 11.6 Å². The Balaban J connectivity index is 3.09. The summed E-state index contributed by atoms with van der Waals surface area (Å²) >= 11 is 6.43. The highest BCUT2D eigenvalue weighted by molar-refractivity contribution is 6.33. The van der Waals surface area contributed by atoms with E-state index >= 15 is 0 Å². The van der Waals surface area contributed by atoms with Crippen LogP contribution in [0.1, 0.15) is 11.6 Å². The molecule has 0 spiro atoms. The van der Waals surface area contributed by atoms with Gasteiger partial charge in [-0.05, 0) is 18.7 Å². The summed E-state index contributed by atoms with van der Waals surface area (Å²) in [5.74, 6) is 1.14. The number of benzene rings is 1. The Bertz CT molecular complexity index is 429. The number of hydrogen-bond acceptors (Lipinski definition) is 5. The molecule has 6 heteroatoms. The zero-order valence-electron chi connectivity index (χ0n) is 12.5. The first-order valence-corrected chi connectivity index (χ1v) is 6.78. The lowest BCUT2D eigenvalue weighted by molar-refractivity contribution is 0.140. The smallest absolute Gasteiger partial charge is 0.179 e. The van der Waals surface area contributed by atoms with Gasteiger partial charge in [0.25, 0.3) is 0 Å². The molecule has 0 radical (unpaired) electrons. The number of halogens is 1. The number of nitrogens with two attached hydrogens (primary N) is 1. The molecule has 1 unspecified atom stereocenters. The topological polar surface area (TPSA) is 57.0 Å². The van der Waals surface area contributed by atoms with Gasteiger partial charge in [-0.1, -0.05) is 17.7 Å². The molecule has 0 aromatic heterocycles. The Hall–Kier alpha value is -1.01. The van der Waals surface area contributed by atoms with Crippen LogP contribution in [0.3, 0.4) is 0 Å². The van der Waals surface area contributed by atoms with E-state index in [-0.39, 0.29) is 6.04 Å². The molecule has 0 fully saturated rings. The summed E-state index contributed by atoms with van der Waals surface area (Å²) in [6.07, 6.45) is 0. The molecular weight excluding hydrogens is 280 g/mol. The summed E-state index contributed by atoms with van der Waals surface area (Å²) in [5, 5.41) is 0.534. The second-order valence-electron chi connectivity index (χ2n) is 4.43. The Morgan fingerprint density at radius 3 is 2.45 bits per heavy atom. The molecule has 2 N–H and O–H groups in total. The first kappa shape index (κ1) is 17.0. The molecule has 0 saturated carbocycles. The molecule has 1 rings (SSSR count). The highest BCUT2D eigenvalue weighted by Crippen LogP contribution is 2.40. The molecule has 0 bridgehead atoms. The van der Waals surface area contributed by atoms with Gasteiger partial charge in [0.2, 0.25) is 0 Å². The van der Waals surface area contributed by atoms with Gasteiger partial charge in [-0.25, -0.2) is 0 Å². The van der Waals surface area contributed by atoms with Crippen LogP contribution in [0.2, 0.25) is 5.02 Å². The average molecular weight is 303 g/mol. The molecule has 1 atom stereocenters. The largest absolute Gasteiger partial charge is 0.493 e. The van der Waals surface area contributed by atoms with Gasteiger partial charge in [-0.3, -0.25) is 4.90 Å². The molecule has 1 aromatic rings. The standard InChI is InChI=1S/C14H23ClN2O3/c1-17(7-8-18-2)11(9-16)10-5-6-12(19-3)14(20-4)13(10)15/h5-6,11H,7-9,16H2,1-4H3. The van der Waals surface area contributed by atoms with Crippen LogP contribution in [0.25, 0.3) is 0 Å². The van der Waals surface area contributed by atoms with E-state index in [1.165, 1.54) is 0 Å². The average Bonchev–Trinajstić information content (AvgIpc) is 2.46. The highest BCUT2D eigenvalue weighted by Gasteiger charge is 2.22. The predicted molar refractivity (Wildman–Crippen MR) is 80.9 cm³/mol. The fourth-order valence-electron chi connectivity index (χ4n) is 2.10. The van der Waals surface area contributed by atoms with E-state index in [0.29, 0.717) is 29.7 Å². The zero-order valence-corrected chi connectivity index (χ0v) is 13.2. The van der Waals surface area contributed by atoms with Crippen molar-refractivity contribution in [2.45, 2.75) is 6.04 Å². The maximum atomic E-state index is 6.43. The van der Waals surface area contributed by atoms with Crippen LogP contribution in [-0.2, 0) is 4.74 Å². The number of likely N-dealkylation sites (N-methyl/N-ethyl adjacent to an activating group) is 1. The SMILES string of the molecule is COCCN(C)C(CN)c1ccc(OC)c(OC)c1Cl. The van der Waals surface area contributed by atoms with Gasteiger partial charge >= 0.3 is 0 Å². The lowest BCUT2D eigenvalue weighted by atomic mass is 10.0. The summed E-state index contributed by atoms with van der Waals surface area (Å²) in [5.41, 5.74) is 6.82. The summed E-state index contributed by atoms with van der Waals surface area (Å²) < 4.78 is 15.7. The molecule has 0 saturated heterocycles. The third-order valence-electron chi connectivity index (χ3n) is 3.28. The molecule has 5 nitrogen and oxygen atoms in total. The van der Waals surface area contributed by atoms with Crippen molar-refractivity contribution in [3.8, 4) is 11.5 Å². The number of hydrogen-bond donors (Lipinski definition) is 1. The van der Waals surface area contributed by atoms with Crippen molar-refractivity contribution in [1.29, 1.82) is 0 Å². The van der Waals surface area contributed by atoms with Crippen LogP contribution in [0.5, 0.6) is 11.5 Å². The van der Waals surface area contributed by atoms with E-state index < -0.39 is 0 Å². The predicted octanol–water partition coefficient (Wildman–Crippen LogP) is 1.94. The summed E-state index contributed by atoms with van der Waals surface area (Å²) in [6.45, 7) is 1.86. The van der Waals surface area contributed by atoms with Crippen LogP contribution < -0.4 is 15.2 Å². The minimum absolute atomic E-state index is 0.00236. The quantitative estimate of drug-likeness (QED) is 0.795. The summed E-state index contributed by atoms with van der Waals surface area (Å²) in [7, 11) is 6.82. The molecule has 0 aliphatic heterocycles. The number of nitrogens with zero attached hydrogens (tertiary/aromatic N) is 1.